The fraction of sp³-hybridized carbons (Fsp3) is 0.455. The van der Waals surface area contributed by atoms with Crippen LogP contribution in [0, 0.1) is 11.3 Å². The molecule has 0 amide bonds. The molecule has 2 heterocycles. The fourth-order valence-corrected chi connectivity index (χ4v) is 2.07. The average molecular weight is 187 g/mol. The number of pyridine rings is 1. The molecule has 0 saturated carbocycles. The first-order valence-electron chi connectivity index (χ1n) is 4.84. The van der Waals surface area contributed by atoms with Crippen molar-refractivity contribution >= 4 is 0 Å². The molecule has 0 bridgehead atoms. The average Bonchev–Trinajstić information content (AvgIpc) is 2.61. The summed E-state index contributed by atoms with van der Waals surface area (Å²) >= 11 is 0. The van der Waals surface area contributed by atoms with Crippen molar-refractivity contribution in [1.29, 1.82) is 5.26 Å². The number of nitrogens with zero attached hydrogens (tertiary/aromatic N) is 3. The summed E-state index contributed by atoms with van der Waals surface area (Å²) in [5.41, 5.74) is 1.22. The molecule has 3 nitrogen and oxygen atoms in total. The number of hydrogen-bond donors (Lipinski definition) is 0. The van der Waals surface area contributed by atoms with Gasteiger partial charge in [0, 0.05) is 18.4 Å². The van der Waals surface area contributed by atoms with Crippen LogP contribution < -0.4 is 0 Å². The van der Waals surface area contributed by atoms with E-state index in [-0.39, 0.29) is 6.04 Å². The third-order valence-corrected chi connectivity index (χ3v) is 2.91. The zero-order valence-corrected chi connectivity index (χ0v) is 8.22. The minimum absolute atomic E-state index is 0.0696. The quantitative estimate of drug-likeness (QED) is 0.672. The lowest BCUT2D eigenvalue weighted by Gasteiger charge is -2.21. The third-order valence-electron chi connectivity index (χ3n) is 2.91. The van der Waals surface area contributed by atoms with Crippen LogP contribution in [-0.2, 0) is 0 Å². The molecule has 0 radical (unpaired) electrons. The van der Waals surface area contributed by atoms with Crippen molar-refractivity contribution in [3.05, 3.63) is 30.1 Å². The van der Waals surface area contributed by atoms with E-state index >= 15 is 0 Å². The Kier molecular flexibility index (Phi) is 2.47. The van der Waals surface area contributed by atoms with Crippen molar-refractivity contribution < 1.29 is 0 Å². The summed E-state index contributed by atoms with van der Waals surface area (Å²) in [7, 11) is 2.01. The van der Waals surface area contributed by atoms with E-state index in [9.17, 15) is 0 Å². The van der Waals surface area contributed by atoms with Gasteiger partial charge in [0.2, 0.25) is 0 Å². The molecular weight excluding hydrogens is 174 g/mol. The number of rotatable bonds is 1. The summed E-state index contributed by atoms with van der Waals surface area (Å²) < 4.78 is 0. The maximum absolute atomic E-state index is 8.89. The zero-order valence-electron chi connectivity index (χ0n) is 8.22. The highest BCUT2D eigenvalue weighted by atomic mass is 15.2. The molecule has 2 atom stereocenters. The first-order chi connectivity index (χ1) is 6.83. The Morgan fingerprint density at radius 3 is 3.00 bits per heavy atom. The van der Waals surface area contributed by atoms with Crippen LogP contribution in [0.3, 0.4) is 0 Å². The van der Waals surface area contributed by atoms with E-state index in [4.69, 9.17) is 5.26 Å². The van der Waals surface area contributed by atoms with Gasteiger partial charge in [0.1, 0.15) is 0 Å². The van der Waals surface area contributed by atoms with Crippen molar-refractivity contribution in [3.8, 4) is 6.07 Å². The highest BCUT2D eigenvalue weighted by molar-refractivity contribution is 5.17. The molecule has 3 heteroatoms. The second-order valence-electron chi connectivity index (χ2n) is 3.69. The lowest BCUT2D eigenvalue weighted by molar-refractivity contribution is 0.279. The molecule has 1 aliphatic rings. The lowest BCUT2D eigenvalue weighted by Crippen LogP contribution is -2.25. The second-order valence-corrected chi connectivity index (χ2v) is 3.69. The minimum atomic E-state index is 0.0696. The monoisotopic (exact) mass is 187 g/mol. The molecule has 72 valence electrons. The van der Waals surface area contributed by atoms with Crippen molar-refractivity contribution in [3.63, 3.8) is 0 Å². The largest absolute Gasteiger partial charge is 0.284 e. The Morgan fingerprint density at radius 2 is 2.43 bits per heavy atom. The Morgan fingerprint density at radius 1 is 1.57 bits per heavy atom. The van der Waals surface area contributed by atoms with Crippen molar-refractivity contribution in [2.75, 3.05) is 7.05 Å². The van der Waals surface area contributed by atoms with E-state index in [2.05, 4.69) is 22.0 Å². The smallest absolute Gasteiger partial charge is 0.0981 e. The standard InChI is InChI=1S/C11H13N3/c1-14-10(7-12)4-5-11(14)9-3-2-6-13-8-9/h2-3,6,8,10-11H,4-5H2,1H3/t10?,11-/m0/s1. The predicted octanol–water partition coefficient (Wildman–Crippen LogP) is 1.74. The Labute approximate surface area is 84.0 Å². The molecule has 0 aromatic carbocycles. The summed E-state index contributed by atoms with van der Waals surface area (Å²) in [6.07, 6.45) is 5.69. The number of hydrogen-bond acceptors (Lipinski definition) is 3. The van der Waals surface area contributed by atoms with Gasteiger partial charge in [-0.3, -0.25) is 9.88 Å². The Balaban J connectivity index is 2.19. The fourth-order valence-electron chi connectivity index (χ4n) is 2.07. The highest BCUT2D eigenvalue weighted by Crippen LogP contribution is 2.33. The van der Waals surface area contributed by atoms with Gasteiger partial charge in [0.15, 0.2) is 0 Å². The van der Waals surface area contributed by atoms with Gasteiger partial charge in [-0.2, -0.15) is 5.26 Å². The van der Waals surface area contributed by atoms with E-state index in [0.717, 1.165) is 12.8 Å². The summed E-state index contributed by atoms with van der Waals surface area (Å²) in [4.78, 5) is 6.24. The molecule has 0 spiro atoms. The Hall–Kier alpha value is -1.40. The van der Waals surface area contributed by atoms with Gasteiger partial charge in [-0.15, -0.1) is 0 Å². The van der Waals surface area contributed by atoms with Crippen molar-refractivity contribution in [2.24, 2.45) is 0 Å². The van der Waals surface area contributed by atoms with Gasteiger partial charge in [0.05, 0.1) is 12.1 Å². The van der Waals surface area contributed by atoms with Gasteiger partial charge in [-0.25, -0.2) is 0 Å². The van der Waals surface area contributed by atoms with Crippen LogP contribution >= 0.6 is 0 Å². The topological polar surface area (TPSA) is 39.9 Å². The molecule has 1 saturated heterocycles. The molecule has 0 N–H and O–H groups in total. The van der Waals surface area contributed by atoms with Crippen LogP contribution in [0.25, 0.3) is 0 Å². The summed E-state index contributed by atoms with van der Waals surface area (Å²) in [5, 5.41) is 8.89. The Bertz CT molecular complexity index is 341. The summed E-state index contributed by atoms with van der Waals surface area (Å²) in [5.74, 6) is 0. The zero-order chi connectivity index (χ0) is 9.97. The number of likely N-dealkylation sites (tertiary alicyclic amines) is 1. The molecule has 1 fully saturated rings. The molecular formula is C11H13N3. The number of nitriles is 1. The molecule has 0 aliphatic carbocycles. The summed E-state index contributed by atoms with van der Waals surface area (Å²) in [6, 6.07) is 6.78. The first-order valence-corrected chi connectivity index (χ1v) is 4.84. The van der Waals surface area contributed by atoms with Crippen LogP contribution in [0.1, 0.15) is 24.4 Å². The van der Waals surface area contributed by atoms with E-state index in [0.29, 0.717) is 6.04 Å². The van der Waals surface area contributed by atoms with Crippen LogP contribution in [0.4, 0.5) is 0 Å². The molecule has 14 heavy (non-hydrogen) atoms. The normalized spacial score (nSPS) is 27.4. The van der Waals surface area contributed by atoms with Crippen molar-refractivity contribution in [1.82, 2.24) is 9.88 Å². The van der Waals surface area contributed by atoms with Gasteiger partial charge in [0.25, 0.3) is 0 Å². The highest BCUT2D eigenvalue weighted by Gasteiger charge is 2.31. The first kappa shape index (κ1) is 9.17. The van der Waals surface area contributed by atoms with E-state index in [1.54, 1.807) is 6.20 Å². The van der Waals surface area contributed by atoms with Crippen molar-refractivity contribution in [2.45, 2.75) is 24.9 Å². The lowest BCUT2D eigenvalue weighted by atomic mass is 10.1. The minimum Gasteiger partial charge on any atom is -0.284 e. The van der Waals surface area contributed by atoms with Gasteiger partial charge in [-0.05, 0) is 31.5 Å². The molecule has 1 aromatic heterocycles. The third kappa shape index (κ3) is 1.49. The van der Waals surface area contributed by atoms with Gasteiger partial charge < -0.3 is 0 Å². The van der Waals surface area contributed by atoms with Crippen LogP contribution in [0.5, 0.6) is 0 Å². The van der Waals surface area contributed by atoms with E-state index < -0.39 is 0 Å². The maximum Gasteiger partial charge on any atom is 0.0981 e. The SMILES string of the molecule is CN1C(C#N)CC[C@H]1c1cccnc1. The van der Waals surface area contributed by atoms with Gasteiger partial charge >= 0.3 is 0 Å². The van der Waals surface area contributed by atoms with E-state index in [1.807, 2.05) is 19.3 Å². The molecule has 2 rings (SSSR count). The molecule has 1 unspecified atom stereocenters. The van der Waals surface area contributed by atoms with Crippen LogP contribution in [0.15, 0.2) is 24.5 Å². The van der Waals surface area contributed by atoms with E-state index in [1.165, 1.54) is 5.56 Å². The number of aromatic nitrogens is 1. The molecule has 1 aliphatic heterocycles. The maximum atomic E-state index is 8.89. The predicted molar refractivity (Wildman–Crippen MR) is 53.4 cm³/mol. The summed E-state index contributed by atoms with van der Waals surface area (Å²) in [6.45, 7) is 0. The van der Waals surface area contributed by atoms with Crippen LogP contribution in [0.2, 0.25) is 0 Å². The molecule has 1 aromatic rings. The van der Waals surface area contributed by atoms with Gasteiger partial charge in [-0.1, -0.05) is 6.07 Å². The van der Waals surface area contributed by atoms with Crippen LogP contribution in [-0.4, -0.2) is 23.0 Å². The second kappa shape index (κ2) is 3.77.